The molecule has 2 N–H and O–H groups in total. The van der Waals surface area contributed by atoms with Gasteiger partial charge in [-0.05, 0) is 47.9 Å². The van der Waals surface area contributed by atoms with E-state index < -0.39 is 17.4 Å². The number of aromatic nitrogens is 1. The van der Waals surface area contributed by atoms with Crippen molar-refractivity contribution in [2.75, 3.05) is 19.0 Å². The van der Waals surface area contributed by atoms with Crippen LogP contribution in [-0.4, -0.2) is 34.8 Å². The Labute approximate surface area is 162 Å². The highest BCUT2D eigenvalue weighted by atomic mass is 16.4. The molecule has 2 aromatic rings. The molecule has 146 valence electrons. The largest absolute Gasteiger partial charge is 0.503 e. The fraction of sp³-hybridized carbons (Fsp3) is 0.286. The molecule has 0 radical (unpaired) electrons. The van der Waals surface area contributed by atoms with Gasteiger partial charge in [-0.3, -0.25) is 14.2 Å². The summed E-state index contributed by atoms with van der Waals surface area (Å²) in [7, 11) is 3.87. The van der Waals surface area contributed by atoms with E-state index in [4.69, 9.17) is 11.7 Å². The number of aliphatic carboxylic acids is 1. The summed E-state index contributed by atoms with van der Waals surface area (Å²) in [6, 6.07) is 5.78. The van der Waals surface area contributed by atoms with Crippen molar-refractivity contribution in [1.29, 1.82) is 0 Å². The number of benzene rings is 1. The average Bonchev–Trinajstić information content (AvgIpc) is 2.62. The molecule has 0 saturated carbocycles. The molecule has 2 rings (SSSR count). The SMILES string of the molecule is [C-]#[N+]c1c(O)n(CCCC(=O)O)c(=O)c(=Cc2ccc(N(C)C)cc2C)c1=C. The van der Waals surface area contributed by atoms with Crippen LogP contribution in [0.25, 0.3) is 17.5 Å². The van der Waals surface area contributed by atoms with Gasteiger partial charge in [-0.15, -0.1) is 6.58 Å². The zero-order valence-electron chi connectivity index (χ0n) is 16.2. The maximum atomic E-state index is 12.9. The van der Waals surface area contributed by atoms with Crippen molar-refractivity contribution in [2.45, 2.75) is 26.3 Å². The van der Waals surface area contributed by atoms with Crippen LogP contribution < -0.4 is 20.9 Å². The summed E-state index contributed by atoms with van der Waals surface area (Å²) in [5, 5.41) is 19.5. The predicted molar refractivity (Wildman–Crippen MR) is 109 cm³/mol. The van der Waals surface area contributed by atoms with E-state index in [9.17, 15) is 14.7 Å². The lowest BCUT2D eigenvalue weighted by Gasteiger charge is -2.14. The van der Waals surface area contributed by atoms with Crippen LogP contribution in [-0.2, 0) is 11.3 Å². The van der Waals surface area contributed by atoms with Crippen LogP contribution in [0.1, 0.15) is 24.0 Å². The first-order chi connectivity index (χ1) is 13.2. The Hall–Kier alpha value is -3.53. The number of carboxylic acid groups (broad SMARTS) is 1. The van der Waals surface area contributed by atoms with E-state index >= 15 is 0 Å². The minimum Gasteiger partial charge on any atom is -0.503 e. The molecule has 0 saturated heterocycles. The van der Waals surface area contributed by atoms with Crippen molar-refractivity contribution in [2.24, 2.45) is 0 Å². The molecule has 7 heteroatoms. The highest BCUT2D eigenvalue weighted by molar-refractivity contribution is 5.66. The second-order valence-electron chi connectivity index (χ2n) is 6.71. The molecule has 1 aromatic heterocycles. The predicted octanol–water partition coefficient (Wildman–Crippen LogP) is 1.58. The number of hydrogen-bond donors (Lipinski definition) is 2. The Bertz CT molecular complexity index is 1120. The third-order valence-corrected chi connectivity index (χ3v) is 4.51. The molecule has 0 bridgehead atoms. The quantitative estimate of drug-likeness (QED) is 0.742. The summed E-state index contributed by atoms with van der Waals surface area (Å²) in [5.74, 6) is -1.47. The zero-order valence-corrected chi connectivity index (χ0v) is 16.2. The first-order valence-corrected chi connectivity index (χ1v) is 8.71. The molecule has 0 unspecified atom stereocenters. The van der Waals surface area contributed by atoms with Crippen molar-refractivity contribution in [3.05, 3.63) is 61.5 Å². The van der Waals surface area contributed by atoms with E-state index in [0.717, 1.165) is 21.4 Å². The van der Waals surface area contributed by atoms with Gasteiger partial charge >= 0.3 is 5.97 Å². The molecule has 0 atom stereocenters. The van der Waals surface area contributed by atoms with Crippen LogP contribution in [0.15, 0.2) is 23.0 Å². The first kappa shape index (κ1) is 20.8. The maximum absolute atomic E-state index is 12.9. The van der Waals surface area contributed by atoms with Crippen LogP contribution in [0, 0.1) is 13.5 Å². The van der Waals surface area contributed by atoms with Gasteiger partial charge in [-0.2, -0.15) is 0 Å². The normalized spacial score (nSPS) is 11.3. The zero-order chi connectivity index (χ0) is 21.0. The van der Waals surface area contributed by atoms with Gasteiger partial charge in [0.2, 0.25) is 0 Å². The minimum atomic E-state index is -0.991. The van der Waals surface area contributed by atoms with E-state index in [-0.39, 0.29) is 35.5 Å². The average molecular weight is 381 g/mol. The van der Waals surface area contributed by atoms with E-state index in [1.165, 1.54) is 0 Å². The Kier molecular flexibility index (Phi) is 6.26. The highest BCUT2D eigenvalue weighted by Gasteiger charge is 2.14. The molecular weight excluding hydrogens is 358 g/mol. The van der Waals surface area contributed by atoms with Crippen molar-refractivity contribution in [3.8, 4) is 5.88 Å². The molecule has 0 aliphatic carbocycles. The lowest BCUT2D eigenvalue weighted by atomic mass is 10.1. The van der Waals surface area contributed by atoms with E-state index in [1.54, 1.807) is 6.08 Å². The van der Waals surface area contributed by atoms with E-state index in [2.05, 4.69) is 11.4 Å². The summed E-state index contributed by atoms with van der Waals surface area (Å²) < 4.78 is 1.04. The van der Waals surface area contributed by atoms with Crippen LogP contribution >= 0.6 is 0 Å². The van der Waals surface area contributed by atoms with Crippen molar-refractivity contribution >= 4 is 30.0 Å². The fourth-order valence-electron chi connectivity index (χ4n) is 2.88. The third kappa shape index (κ3) is 4.23. The second-order valence-corrected chi connectivity index (χ2v) is 6.71. The van der Waals surface area contributed by atoms with Gasteiger partial charge in [0.25, 0.3) is 11.2 Å². The molecule has 1 aromatic carbocycles. The van der Waals surface area contributed by atoms with E-state index in [0.29, 0.717) is 0 Å². The van der Waals surface area contributed by atoms with Crippen molar-refractivity contribution in [3.63, 3.8) is 0 Å². The van der Waals surface area contributed by atoms with Crippen molar-refractivity contribution < 1.29 is 15.0 Å². The first-order valence-electron chi connectivity index (χ1n) is 8.71. The summed E-state index contributed by atoms with van der Waals surface area (Å²) in [6.07, 6.45) is 1.67. The van der Waals surface area contributed by atoms with Gasteiger partial charge in [0.15, 0.2) is 5.88 Å². The fourth-order valence-corrected chi connectivity index (χ4v) is 2.88. The number of nitrogens with zero attached hydrogens (tertiary/aromatic N) is 3. The second kappa shape index (κ2) is 8.44. The van der Waals surface area contributed by atoms with Gasteiger partial charge in [-0.1, -0.05) is 6.07 Å². The summed E-state index contributed by atoms with van der Waals surface area (Å²) in [6.45, 7) is 13.1. The van der Waals surface area contributed by atoms with E-state index in [1.807, 2.05) is 44.1 Å². The highest BCUT2D eigenvalue weighted by Crippen LogP contribution is 2.20. The molecule has 0 aliphatic rings. The molecular formula is C21H23N3O4. The molecule has 7 nitrogen and oxygen atoms in total. The molecule has 0 fully saturated rings. The standard InChI is InChI=1S/C21H23N3O4/c1-13-11-16(23(4)5)9-8-15(13)12-17-14(2)19(22-3)21(28)24(20(17)27)10-6-7-18(25)26/h8-9,11-12,28H,2,6-7,10H2,1,4-5H3,(H,25,26). The van der Waals surface area contributed by atoms with Crippen LogP contribution in [0.3, 0.4) is 0 Å². The van der Waals surface area contributed by atoms with Crippen LogP contribution in [0.5, 0.6) is 5.88 Å². The van der Waals surface area contributed by atoms with Gasteiger partial charge in [0, 0.05) is 38.0 Å². The van der Waals surface area contributed by atoms with Crippen molar-refractivity contribution in [1.82, 2.24) is 4.57 Å². The number of aryl methyl sites for hydroxylation is 1. The summed E-state index contributed by atoms with van der Waals surface area (Å²) in [4.78, 5) is 28.9. The molecule has 28 heavy (non-hydrogen) atoms. The van der Waals surface area contributed by atoms with Gasteiger partial charge in [0.05, 0.1) is 6.57 Å². The number of rotatable bonds is 6. The number of carboxylic acids is 1. The lowest BCUT2D eigenvalue weighted by molar-refractivity contribution is -0.137. The summed E-state index contributed by atoms with van der Waals surface area (Å²) in [5.41, 5.74) is 2.15. The molecule has 1 heterocycles. The number of anilines is 1. The number of hydrogen-bond acceptors (Lipinski definition) is 4. The third-order valence-electron chi connectivity index (χ3n) is 4.51. The number of pyridine rings is 1. The van der Waals surface area contributed by atoms with Crippen LogP contribution in [0.2, 0.25) is 0 Å². The van der Waals surface area contributed by atoms with Gasteiger partial charge in [-0.25, -0.2) is 4.85 Å². The molecule has 0 spiro atoms. The molecule has 0 amide bonds. The Balaban J connectivity index is 2.69. The Morgan fingerprint density at radius 2 is 2.07 bits per heavy atom. The smallest absolute Gasteiger partial charge is 0.303 e. The lowest BCUT2D eigenvalue weighted by Crippen LogP contribution is -2.44. The topological polar surface area (TPSA) is 87.1 Å². The Morgan fingerprint density at radius 1 is 1.39 bits per heavy atom. The monoisotopic (exact) mass is 381 g/mol. The summed E-state index contributed by atoms with van der Waals surface area (Å²) >= 11 is 0. The number of aromatic hydroxyl groups is 1. The van der Waals surface area contributed by atoms with Crippen LogP contribution in [0.4, 0.5) is 11.4 Å². The van der Waals surface area contributed by atoms with Gasteiger partial charge < -0.3 is 15.1 Å². The minimum absolute atomic E-state index is 0.000837. The molecule has 0 aliphatic heterocycles. The van der Waals surface area contributed by atoms with Gasteiger partial charge in [0.1, 0.15) is 0 Å². The maximum Gasteiger partial charge on any atom is 0.303 e. The number of carbonyl (C=O) groups is 1. The Morgan fingerprint density at radius 3 is 2.61 bits per heavy atom.